The van der Waals surface area contributed by atoms with Crippen molar-refractivity contribution in [2.24, 2.45) is 0 Å². The van der Waals surface area contributed by atoms with Crippen LogP contribution in [0.1, 0.15) is 5.56 Å². The molecule has 0 fully saturated rings. The molecule has 1 aromatic carbocycles. The van der Waals surface area contributed by atoms with Gasteiger partial charge >= 0.3 is 0 Å². The van der Waals surface area contributed by atoms with Crippen molar-refractivity contribution in [3.05, 3.63) is 30.1 Å². The highest BCUT2D eigenvalue weighted by Crippen LogP contribution is 2.30. The van der Waals surface area contributed by atoms with Crippen LogP contribution in [0.4, 0.5) is 4.39 Å². The van der Waals surface area contributed by atoms with E-state index in [9.17, 15) is 4.39 Å². The summed E-state index contributed by atoms with van der Waals surface area (Å²) in [5, 5.41) is 0.457. The van der Waals surface area contributed by atoms with Crippen molar-refractivity contribution >= 4 is 21.5 Å². The highest BCUT2D eigenvalue weighted by molar-refractivity contribution is 9.09. The predicted octanol–water partition coefficient (Wildman–Crippen LogP) is 3.41. The van der Waals surface area contributed by atoms with E-state index in [-0.39, 0.29) is 0 Å². The maximum atomic E-state index is 12.5. The Balaban J connectivity index is 3.13. The molecule has 4 heteroatoms. The first-order valence-electron chi connectivity index (χ1n) is 4.34. The van der Waals surface area contributed by atoms with E-state index < -0.39 is 0 Å². The number of rotatable bonds is 4. The second-order valence-electron chi connectivity index (χ2n) is 2.84. The molecule has 0 saturated heterocycles. The van der Waals surface area contributed by atoms with Gasteiger partial charge in [0.05, 0.1) is 20.5 Å². The van der Waals surface area contributed by atoms with Crippen LogP contribution in [-0.2, 0) is 0 Å². The van der Waals surface area contributed by atoms with E-state index in [1.165, 1.54) is 0 Å². The van der Waals surface area contributed by atoms with Gasteiger partial charge in [0, 0.05) is 5.33 Å². The normalized spacial score (nSPS) is 11.3. The number of hydrogen-bond donors (Lipinski definition) is 0. The summed E-state index contributed by atoms with van der Waals surface area (Å²) in [4.78, 5) is 0. The molecule has 0 unspecified atom stereocenters. The van der Waals surface area contributed by atoms with Gasteiger partial charge in [-0.2, -0.15) is 0 Å². The zero-order valence-electron chi connectivity index (χ0n) is 8.59. The van der Waals surface area contributed by atoms with Gasteiger partial charge in [-0.3, -0.25) is 0 Å². The molecule has 0 aromatic heterocycles. The van der Waals surface area contributed by atoms with E-state index >= 15 is 0 Å². The van der Waals surface area contributed by atoms with Crippen LogP contribution in [0, 0.1) is 0 Å². The lowest BCUT2D eigenvalue weighted by Gasteiger charge is -2.09. The van der Waals surface area contributed by atoms with Crippen LogP contribution in [0.2, 0.25) is 0 Å². The number of alkyl halides is 1. The van der Waals surface area contributed by atoms with Gasteiger partial charge in [-0.25, -0.2) is 4.39 Å². The summed E-state index contributed by atoms with van der Waals surface area (Å²) in [6, 6.07) is 5.28. The second-order valence-corrected chi connectivity index (χ2v) is 3.40. The molecule has 1 rings (SSSR count). The van der Waals surface area contributed by atoms with E-state index in [2.05, 4.69) is 15.9 Å². The van der Waals surface area contributed by atoms with E-state index in [0.29, 0.717) is 28.7 Å². The lowest BCUT2D eigenvalue weighted by Crippen LogP contribution is -1.92. The summed E-state index contributed by atoms with van der Waals surface area (Å²) >= 11 is 3.21. The van der Waals surface area contributed by atoms with Crippen LogP contribution in [0.5, 0.6) is 11.5 Å². The molecule has 0 N–H and O–H groups in total. The van der Waals surface area contributed by atoms with Crippen LogP contribution in [0.3, 0.4) is 0 Å². The molecule has 1 aromatic rings. The summed E-state index contributed by atoms with van der Waals surface area (Å²) in [5.74, 6) is 1.23. The van der Waals surface area contributed by atoms with Crippen molar-refractivity contribution < 1.29 is 13.9 Å². The van der Waals surface area contributed by atoms with Crippen LogP contribution >= 0.6 is 15.9 Å². The fraction of sp³-hybridized carbons (Fsp3) is 0.273. The first kappa shape index (κ1) is 12.0. The zero-order valence-corrected chi connectivity index (χ0v) is 10.2. The third-order valence-electron chi connectivity index (χ3n) is 2.03. The molecule has 15 heavy (non-hydrogen) atoms. The zero-order chi connectivity index (χ0) is 11.3. The van der Waals surface area contributed by atoms with E-state index in [4.69, 9.17) is 9.47 Å². The quantitative estimate of drug-likeness (QED) is 0.784. The van der Waals surface area contributed by atoms with Crippen molar-refractivity contribution in [3.63, 3.8) is 0 Å². The van der Waals surface area contributed by atoms with Crippen LogP contribution < -0.4 is 9.47 Å². The van der Waals surface area contributed by atoms with Gasteiger partial charge in [0.15, 0.2) is 11.5 Å². The molecule has 2 nitrogen and oxygen atoms in total. The minimum Gasteiger partial charge on any atom is -0.493 e. The third kappa shape index (κ3) is 2.72. The largest absolute Gasteiger partial charge is 0.493 e. The Morgan fingerprint density at radius 3 is 2.47 bits per heavy atom. The molecule has 0 atom stereocenters. The van der Waals surface area contributed by atoms with Gasteiger partial charge < -0.3 is 9.47 Å². The maximum absolute atomic E-state index is 12.5. The molecule has 82 valence electrons. The Kier molecular flexibility index (Phi) is 4.62. The van der Waals surface area contributed by atoms with Gasteiger partial charge in [0.2, 0.25) is 0 Å². The number of hydrogen-bond acceptors (Lipinski definition) is 2. The number of halogens is 2. The monoisotopic (exact) mass is 274 g/mol. The Hall–Kier alpha value is -1.03. The van der Waals surface area contributed by atoms with Crippen LogP contribution in [0.25, 0.3) is 5.57 Å². The van der Waals surface area contributed by atoms with Crippen molar-refractivity contribution in [3.8, 4) is 11.5 Å². The SMILES string of the molecule is COc1ccc(/C(=C\F)CBr)cc1OC. The van der Waals surface area contributed by atoms with Crippen LogP contribution in [0.15, 0.2) is 24.5 Å². The highest BCUT2D eigenvalue weighted by Gasteiger charge is 2.07. The topological polar surface area (TPSA) is 18.5 Å². The molecule has 0 aliphatic rings. The summed E-state index contributed by atoms with van der Waals surface area (Å²) in [6.07, 6.45) is 0.579. The van der Waals surface area contributed by atoms with Crippen molar-refractivity contribution in [2.75, 3.05) is 19.5 Å². The summed E-state index contributed by atoms with van der Waals surface area (Å²) in [5.41, 5.74) is 1.34. The summed E-state index contributed by atoms with van der Waals surface area (Å²) in [7, 11) is 3.11. The van der Waals surface area contributed by atoms with Gasteiger partial charge in [-0.15, -0.1) is 0 Å². The first-order valence-corrected chi connectivity index (χ1v) is 5.46. The number of methoxy groups -OCH3 is 2. The Morgan fingerprint density at radius 2 is 2.00 bits per heavy atom. The van der Waals surface area contributed by atoms with E-state index in [1.807, 2.05) is 0 Å². The molecular formula is C11H12BrFO2. The molecule has 0 bridgehead atoms. The Labute approximate surface area is 96.8 Å². The van der Waals surface area contributed by atoms with Gasteiger partial charge in [0.25, 0.3) is 0 Å². The first-order chi connectivity index (χ1) is 7.26. The smallest absolute Gasteiger partial charge is 0.161 e. The molecule has 0 spiro atoms. The van der Waals surface area contributed by atoms with Crippen molar-refractivity contribution in [1.29, 1.82) is 0 Å². The Morgan fingerprint density at radius 1 is 1.33 bits per heavy atom. The predicted molar refractivity (Wildman–Crippen MR) is 62.4 cm³/mol. The summed E-state index contributed by atoms with van der Waals surface area (Å²) in [6.45, 7) is 0. The molecule has 0 aliphatic heterocycles. The average Bonchev–Trinajstić information content (AvgIpc) is 2.30. The molecule has 0 radical (unpaired) electrons. The average molecular weight is 275 g/mol. The van der Waals surface area contributed by atoms with Gasteiger partial charge in [-0.05, 0) is 23.3 Å². The number of allylic oxidation sites excluding steroid dienone is 1. The maximum Gasteiger partial charge on any atom is 0.161 e. The number of benzene rings is 1. The van der Waals surface area contributed by atoms with Crippen molar-refractivity contribution in [2.45, 2.75) is 0 Å². The molecule has 0 aliphatic carbocycles. The van der Waals surface area contributed by atoms with Gasteiger partial charge in [-0.1, -0.05) is 22.0 Å². The second kappa shape index (κ2) is 5.75. The minimum atomic E-state index is 0.457. The van der Waals surface area contributed by atoms with Gasteiger partial charge in [0.1, 0.15) is 0 Å². The molecule has 0 saturated carbocycles. The van der Waals surface area contributed by atoms with Crippen LogP contribution in [-0.4, -0.2) is 19.5 Å². The molecule has 0 amide bonds. The van der Waals surface area contributed by atoms with E-state index in [0.717, 1.165) is 5.56 Å². The van der Waals surface area contributed by atoms with Crippen molar-refractivity contribution in [1.82, 2.24) is 0 Å². The lowest BCUT2D eigenvalue weighted by atomic mass is 10.1. The number of ether oxygens (including phenoxy) is 2. The molecule has 0 heterocycles. The fourth-order valence-electron chi connectivity index (χ4n) is 1.21. The summed E-state index contributed by atoms with van der Waals surface area (Å²) < 4.78 is 22.7. The molecular weight excluding hydrogens is 263 g/mol. The third-order valence-corrected chi connectivity index (χ3v) is 2.63. The lowest BCUT2D eigenvalue weighted by molar-refractivity contribution is 0.355. The van der Waals surface area contributed by atoms with E-state index in [1.54, 1.807) is 32.4 Å². The fourth-order valence-corrected chi connectivity index (χ4v) is 1.65. The minimum absolute atomic E-state index is 0.457. The standard InChI is InChI=1S/C11H12BrFO2/c1-14-10-4-3-8(5-11(10)15-2)9(6-12)7-13/h3-5,7H,6H2,1-2H3/b9-7-. The highest BCUT2D eigenvalue weighted by atomic mass is 79.9. The Bertz CT molecular complexity index is 364.